The predicted octanol–water partition coefficient (Wildman–Crippen LogP) is 5.92. The van der Waals surface area contributed by atoms with E-state index < -0.39 is 5.91 Å². The van der Waals surface area contributed by atoms with E-state index in [1.165, 1.54) is 32.8 Å². The van der Waals surface area contributed by atoms with E-state index in [0.717, 1.165) is 28.1 Å². The van der Waals surface area contributed by atoms with E-state index in [9.17, 15) is 4.79 Å². The number of nitrogens with zero attached hydrogens (tertiary/aromatic N) is 4. The number of amides is 1. The first-order chi connectivity index (χ1) is 17.1. The lowest BCUT2D eigenvalue weighted by molar-refractivity contribution is -0.114. The van der Waals surface area contributed by atoms with Gasteiger partial charge < -0.3 is 4.57 Å². The molecule has 0 unspecified atom stereocenters. The maximum atomic E-state index is 13.0. The van der Waals surface area contributed by atoms with Gasteiger partial charge in [0.25, 0.3) is 5.91 Å². The zero-order chi connectivity index (χ0) is 23.9. The summed E-state index contributed by atoms with van der Waals surface area (Å²) >= 11 is 3.02. The largest absolute Gasteiger partial charge is 0.342 e. The van der Waals surface area contributed by atoms with Gasteiger partial charge in [0.2, 0.25) is 5.17 Å². The average molecular weight is 496 g/mol. The van der Waals surface area contributed by atoms with E-state index in [2.05, 4.69) is 51.9 Å². The van der Waals surface area contributed by atoms with Crippen molar-refractivity contribution in [1.29, 1.82) is 5.41 Å². The molecule has 0 atom stereocenters. The lowest BCUT2D eigenvalue weighted by atomic mass is 10.1. The standard InChI is InChI=1S/C27H21N5OS2/c1-17-7-2-3-8-18(17)15-31-16-19(21-10-4-5-11-23(21)31)13-22-25(28)32-27(29-26(22)33)35-24(30-32)14-20-9-6-12-34-20/h2-13,16,28H,14-15H2,1H3/b22-13-,28-25?. The Morgan fingerprint density at radius 1 is 1.06 bits per heavy atom. The Labute approximate surface area is 210 Å². The molecule has 35 heavy (non-hydrogen) atoms. The third kappa shape index (κ3) is 4.05. The van der Waals surface area contributed by atoms with E-state index in [1.54, 1.807) is 17.4 Å². The second-order valence-electron chi connectivity index (χ2n) is 8.43. The zero-order valence-corrected chi connectivity index (χ0v) is 20.6. The fraction of sp³-hybridized carbons (Fsp3) is 0.111. The maximum Gasteiger partial charge on any atom is 0.283 e. The van der Waals surface area contributed by atoms with Crippen LogP contribution in [0.15, 0.2) is 87.9 Å². The van der Waals surface area contributed by atoms with Crippen molar-refractivity contribution in [2.45, 2.75) is 19.9 Å². The van der Waals surface area contributed by atoms with Gasteiger partial charge in [0.05, 0.1) is 5.57 Å². The van der Waals surface area contributed by atoms with Gasteiger partial charge in [-0.05, 0) is 53.4 Å². The first kappa shape index (κ1) is 21.8. The summed E-state index contributed by atoms with van der Waals surface area (Å²) in [7, 11) is 0. The first-order valence-corrected chi connectivity index (χ1v) is 12.9. The molecule has 6 nitrogen and oxygen atoms in total. The molecule has 2 aromatic carbocycles. The predicted molar refractivity (Wildman–Crippen MR) is 145 cm³/mol. The molecule has 2 aliphatic heterocycles. The second-order valence-corrected chi connectivity index (χ2v) is 10.5. The van der Waals surface area contributed by atoms with Crippen molar-refractivity contribution in [1.82, 2.24) is 9.58 Å². The molecule has 1 N–H and O–H groups in total. The number of aliphatic imine (C=N–C) groups is 1. The van der Waals surface area contributed by atoms with Crippen LogP contribution in [-0.2, 0) is 17.8 Å². The van der Waals surface area contributed by atoms with Gasteiger partial charge in [0.15, 0.2) is 5.84 Å². The van der Waals surface area contributed by atoms with Crippen LogP contribution in [0.5, 0.6) is 0 Å². The third-order valence-corrected chi connectivity index (χ3v) is 7.91. The Morgan fingerprint density at radius 3 is 2.71 bits per heavy atom. The summed E-state index contributed by atoms with van der Waals surface area (Å²) < 4.78 is 2.19. The Morgan fingerprint density at radius 2 is 1.89 bits per heavy atom. The quantitative estimate of drug-likeness (QED) is 0.349. The smallest absolute Gasteiger partial charge is 0.283 e. The number of rotatable bonds is 5. The minimum atomic E-state index is -0.406. The number of hydrogen-bond donors (Lipinski definition) is 1. The number of thioether (sulfide) groups is 1. The zero-order valence-electron chi connectivity index (χ0n) is 18.9. The van der Waals surface area contributed by atoms with Crippen molar-refractivity contribution in [3.05, 3.63) is 99.4 Å². The van der Waals surface area contributed by atoms with Crippen LogP contribution in [0.4, 0.5) is 0 Å². The molecule has 0 radical (unpaired) electrons. The first-order valence-electron chi connectivity index (χ1n) is 11.2. The van der Waals surface area contributed by atoms with Crippen LogP contribution in [0, 0.1) is 12.3 Å². The van der Waals surface area contributed by atoms with Gasteiger partial charge in [-0.3, -0.25) is 10.2 Å². The van der Waals surface area contributed by atoms with E-state index in [-0.39, 0.29) is 11.4 Å². The summed E-state index contributed by atoms with van der Waals surface area (Å²) in [5.74, 6) is -0.346. The summed E-state index contributed by atoms with van der Waals surface area (Å²) in [5.41, 5.74) is 4.68. The Bertz CT molecular complexity index is 1580. The van der Waals surface area contributed by atoms with Crippen molar-refractivity contribution in [2.75, 3.05) is 0 Å². The van der Waals surface area contributed by atoms with Crippen molar-refractivity contribution < 1.29 is 4.79 Å². The molecule has 0 bridgehead atoms. The molecule has 0 saturated heterocycles. The third-order valence-electron chi connectivity index (χ3n) is 6.12. The summed E-state index contributed by atoms with van der Waals surface area (Å²) in [6.45, 7) is 2.84. The van der Waals surface area contributed by atoms with Crippen molar-refractivity contribution >= 4 is 62.0 Å². The van der Waals surface area contributed by atoms with Crippen molar-refractivity contribution in [3.8, 4) is 0 Å². The number of benzene rings is 2. The number of fused-ring (bicyclic) bond motifs is 2. The molecule has 2 aromatic heterocycles. The normalized spacial score (nSPS) is 16.7. The summed E-state index contributed by atoms with van der Waals surface area (Å²) in [5, 5.41) is 19.2. The fourth-order valence-electron chi connectivity index (χ4n) is 4.31. The number of nitrogens with one attached hydrogen (secondary N) is 1. The Balaban J connectivity index is 1.35. The van der Waals surface area contributed by atoms with E-state index in [4.69, 9.17) is 5.41 Å². The number of para-hydroxylation sites is 1. The van der Waals surface area contributed by atoms with Gasteiger partial charge in [-0.15, -0.1) is 11.3 Å². The van der Waals surface area contributed by atoms with Crippen LogP contribution in [0.25, 0.3) is 17.0 Å². The number of aryl methyl sites for hydroxylation is 1. The Kier molecular flexibility index (Phi) is 5.47. The molecule has 0 fully saturated rings. The van der Waals surface area contributed by atoms with Crippen LogP contribution in [0.3, 0.4) is 0 Å². The molecular formula is C27H21N5OS2. The molecule has 6 rings (SSSR count). The number of carbonyl (C=O) groups is 1. The van der Waals surface area contributed by atoms with E-state index in [0.29, 0.717) is 11.6 Å². The van der Waals surface area contributed by atoms with Crippen molar-refractivity contribution in [2.24, 2.45) is 10.1 Å². The van der Waals surface area contributed by atoms with E-state index >= 15 is 0 Å². The molecule has 4 aromatic rings. The molecular weight excluding hydrogens is 474 g/mol. The SMILES string of the molecule is Cc1ccccc1Cn1cc(/C=C2/C(=N)N3N=C(Cc4cccs4)SC3=NC2=O)c2ccccc21. The molecule has 1 amide bonds. The number of hydrazone groups is 1. The van der Waals surface area contributed by atoms with Crippen LogP contribution < -0.4 is 0 Å². The average Bonchev–Trinajstić information content (AvgIpc) is 3.58. The van der Waals surface area contributed by atoms with Crippen LogP contribution in [0.1, 0.15) is 21.6 Å². The molecule has 0 spiro atoms. The van der Waals surface area contributed by atoms with Gasteiger partial charge in [0, 0.05) is 40.5 Å². The van der Waals surface area contributed by atoms with Gasteiger partial charge >= 0.3 is 0 Å². The lowest BCUT2D eigenvalue weighted by Crippen LogP contribution is -2.35. The molecule has 0 saturated carbocycles. The van der Waals surface area contributed by atoms with Crippen LogP contribution in [0.2, 0.25) is 0 Å². The highest BCUT2D eigenvalue weighted by Crippen LogP contribution is 2.32. The number of amidine groups is 2. The molecule has 172 valence electrons. The molecule has 0 aliphatic carbocycles. The second kappa shape index (κ2) is 8.79. The number of thiophene rings is 1. The van der Waals surface area contributed by atoms with Crippen molar-refractivity contribution in [3.63, 3.8) is 0 Å². The monoisotopic (exact) mass is 495 g/mol. The lowest BCUT2D eigenvalue weighted by Gasteiger charge is -2.20. The van der Waals surface area contributed by atoms with Crippen LogP contribution >= 0.6 is 23.1 Å². The highest BCUT2D eigenvalue weighted by atomic mass is 32.2. The van der Waals surface area contributed by atoms with Gasteiger partial charge in [-0.1, -0.05) is 48.5 Å². The minimum absolute atomic E-state index is 0.0596. The van der Waals surface area contributed by atoms with Crippen LogP contribution in [-0.4, -0.2) is 31.5 Å². The van der Waals surface area contributed by atoms with E-state index in [1.807, 2.05) is 41.9 Å². The highest BCUT2D eigenvalue weighted by Gasteiger charge is 2.35. The summed E-state index contributed by atoms with van der Waals surface area (Å²) in [6, 6.07) is 20.5. The molecule has 2 aliphatic rings. The van der Waals surface area contributed by atoms with Gasteiger partial charge in [-0.2, -0.15) is 15.1 Å². The highest BCUT2D eigenvalue weighted by molar-refractivity contribution is 8.27. The fourth-order valence-corrected chi connectivity index (χ4v) is 6.02. The maximum absolute atomic E-state index is 13.0. The summed E-state index contributed by atoms with van der Waals surface area (Å²) in [6.07, 6.45) is 4.50. The van der Waals surface area contributed by atoms with Gasteiger partial charge in [0.1, 0.15) is 5.04 Å². The van der Waals surface area contributed by atoms with Gasteiger partial charge in [-0.25, -0.2) is 0 Å². The molecule has 8 heteroatoms. The molecule has 4 heterocycles. The Hall–Kier alpha value is -3.75. The topological polar surface area (TPSA) is 73.8 Å². The number of hydrogen-bond acceptors (Lipinski definition) is 5. The number of carbonyl (C=O) groups excluding carboxylic acids is 1. The number of aromatic nitrogens is 1. The summed E-state index contributed by atoms with van der Waals surface area (Å²) in [4.78, 5) is 18.4. The minimum Gasteiger partial charge on any atom is -0.342 e.